The van der Waals surface area contributed by atoms with Crippen LogP contribution in [0.4, 0.5) is 0 Å². The highest BCUT2D eigenvalue weighted by atomic mass is 35.5. The average Bonchev–Trinajstić information content (AvgIpc) is 2.71. The summed E-state index contributed by atoms with van der Waals surface area (Å²) in [5.41, 5.74) is 1.82. The van der Waals surface area contributed by atoms with Gasteiger partial charge in [-0.15, -0.1) is 0 Å². The Hall–Kier alpha value is -1.32. The van der Waals surface area contributed by atoms with Crippen molar-refractivity contribution in [1.82, 2.24) is 9.78 Å². The molecule has 1 aromatic carbocycles. The first kappa shape index (κ1) is 10.2. The summed E-state index contributed by atoms with van der Waals surface area (Å²) in [6.07, 6.45) is 3.64. The third-order valence-electron chi connectivity index (χ3n) is 2.19. The molecule has 1 aromatic heterocycles. The minimum Gasteiger partial charge on any atom is -0.392 e. The molecule has 15 heavy (non-hydrogen) atoms. The highest BCUT2D eigenvalue weighted by Gasteiger charge is 2.01. The molecule has 0 saturated carbocycles. The van der Waals surface area contributed by atoms with Gasteiger partial charge in [0.15, 0.2) is 0 Å². The number of halogens is 1. The standard InChI is InChI=1S/C11H11ClN2O/c12-11-6-9(2-3-10(11)8-15)7-14-5-1-4-13-14/h1-6,15H,7-8H2. The van der Waals surface area contributed by atoms with Crippen LogP contribution in [0.15, 0.2) is 36.7 Å². The van der Waals surface area contributed by atoms with Gasteiger partial charge in [0.2, 0.25) is 0 Å². The van der Waals surface area contributed by atoms with Crippen LogP contribution in [-0.4, -0.2) is 14.9 Å². The minimum absolute atomic E-state index is 0.0269. The van der Waals surface area contributed by atoms with Crippen molar-refractivity contribution in [3.8, 4) is 0 Å². The highest BCUT2D eigenvalue weighted by Crippen LogP contribution is 2.18. The first-order chi connectivity index (χ1) is 7.29. The van der Waals surface area contributed by atoms with Gasteiger partial charge in [-0.25, -0.2) is 0 Å². The Bertz CT molecular complexity index is 440. The number of rotatable bonds is 3. The SMILES string of the molecule is OCc1ccc(Cn2cccn2)cc1Cl. The summed E-state index contributed by atoms with van der Waals surface area (Å²) in [5, 5.41) is 13.7. The van der Waals surface area contributed by atoms with Gasteiger partial charge >= 0.3 is 0 Å². The number of aliphatic hydroxyl groups excluding tert-OH is 1. The third kappa shape index (κ3) is 2.37. The van der Waals surface area contributed by atoms with E-state index in [1.54, 1.807) is 6.20 Å². The first-order valence-electron chi connectivity index (χ1n) is 4.65. The van der Waals surface area contributed by atoms with Crippen molar-refractivity contribution < 1.29 is 5.11 Å². The van der Waals surface area contributed by atoms with Gasteiger partial charge in [-0.05, 0) is 23.3 Å². The lowest BCUT2D eigenvalue weighted by atomic mass is 10.1. The summed E-state index contributed by atoms with van der Waals surface area (Å²) in [6.45, 7) is 0.666. The summed E-state index contributed by atoms with van der Waals surface area (Å²) >= 11 is 5.98. The second kappa shape index (κ2) is 4.47. The number of benzene rings is 1. The molecule has 0 aliphatic heterocycles. The van der Waals surface area contributed by atoms with Crippen LogP contribution in [0, 0.1) is 0 Å². The van der Waals surface area contributed by atoms with Crippen molar-refractivity contribution in [3.05, 3.63) is 52.8 Å². The number of hydrogen-bond donors (Lipinski definition) is 1. The van der Waals surface area contributed by atoms with Gasteiger partial charge in [0.1, 0.15) is 0 Å². The normalized spacial score (nSPS) is 10.5. The Labute approximate surface area is 92.9 Å². The van der Waals surface area contributed by atoms with E-state index in [1.165, 1.54) is 0 Å². The Morgan fingerprint density at radius 2 is 2.27 bits per heavy atom. The first-order valence-corrected chi connectivity index (χ1v) is 5.03. The lowest BCUT2D eigenvalue weighted by Crippen LogP contribution is -2.00. The third-order valence-corrected chi connectivity index (χ3v) is 2.54. The molecule has 0 aliphatic carbocycles. The highest BCUT2D eigenvalue weighted by molar-refractivity contribution is 6.31. The summed E-state index contributed by atoms with van der Waals surface area (Å²) in [6, 6.07) is 7.51. The molecule has 2 aromatic rings. The number of nitrogens with zero attached hydrogens (tertiary/aromatic N) is 2. The predicted molar refractivity (Wildman–Crippen MR) is 58.7 cm³/mol. The maximum absolute atomic E-state index is 8.96. The Morgan fingerprint density at radius 1 is 1.40 bits per heavy atom. The van der Waals surface area contributed by atoms with Crippen LogP contribution in [0.25, 0.3) is 0 Å². The molecule has 0 radical (unpaired) electrons. The zero-order valence-corrected chi connectivity index (χ0v) is 8.85. The molecule has 1 N–H and O–H groups in total. The van der Waals surface area contributed by atoms with Crippen LogP contribution >= 0.6 is 11.6 Å². The topological polar surface area (TPSA) is 38.0 Å². The maximum atomic E-state index is 8.96. The maximum Gasteiger partial charge on any atom is 0.0696 e. The lowest BCUT2D eigenvalue weighted by Gasteiger charge is -2.05. The van der Waals surface area contributed by atoms with E-state index in [2.05, 4.69) is 5.10 Å². The van der Waals surface area contributed by atoms with Crippen LogP contribution in [-0.2, 0) is 13.2 Å². The minimum atomic E-state index is -0.0269. The van der Waals surface area contributed by atoms with Crippen LogP contribution in [0.2, 0.25) is 5.02 Å². The van der Waals surface area contributed by atoms with E-state index in [0.29, 0.717) is 11.6 Å². The quantitative estimate of drug-likeness (QED) is 0.864. The molecule has 0 atom stereocenters. The molecule has 2 rings (SSSR count). The van der Waals surface area contributed by atoms with Crippen LogP contribution in [0.3, 0.4) is 0 Å². The second-order valence-electron chi connectivity index (χ2n) is 3.29. The molecule has 0 spiro atoms. The van der Waals surface area contributed by atoms with Gasteiger partial charge in [0.25, 0.3) is 0 Å². The molecular weight excluding hydrogens is 212 g/mol. The summed E-state index contributed by atoms with van der Waals surface area (Å²) in [5.74, 6) is 0. The van der Waals surface area contributed by atoms with Crippen LogP contribution in [0.5, 0.6) is 0 Å². The van der Waals surface area contributed by atoms with E-state index in [4.69, 9.17) is 16.7 Å². The molecule has 0 saturated heterocycles. The molecule has 0 fully saturated rings. The Kier molecular flexibility index (Phi) is 3.04. The molecule has 0 unspecified atom stereocenters. The molecule has 1 heterocycles. The summed E-state index contributed by atoms with van der Waals surface area (Å²) in [7, 11) is 0. The van der Waals surface area contributed by atoms with E-state index >= 15 is 0 Å². The largest absolute Gasteiger partial charge is 0.392 e. The molecule has 0 aliphatic rings. The Morgan fingerprint density at radius 3 is 2.87 bits per heavy atom. The molecule has 0 bridgehead atoms. The van der Waals surface area contributed by atoms with Crippen molar-refractivity contribution >= 4 is 11.6 Å². The van der Waals surface area contributed by atoms with E-state index in [9.17, 15) is 0 Å². The summed E-state index contributed by atoms with van der Waals surface area (Å²) < 4.78 is 1.82. The monoisotopic (exact) mass is 222 g/mol. The average molecular weight is 223 g/mol. The number of aliphatic hydroxyl groups is 1. The predicted octanol–water partition coefficient (Wildman–Crippen LogP) is 2.08. The van der Waals surface area contributed by atoms with E-state index in [1.807, 2.05) is 35.1 Å². The van der Waals surface area contributed by atoms with Gasteiger partial charge in [-0.1, -0.05) is 23.7 Å². The van der Waals surface area contributed by atoms with Gasteiger partial charge in [0, 0.05) is 17.4 Å². The molecule has 0 amide bonds. The van der Waals surface area contributed by atoms with Crippen molar-refractivity contribution in [2.45, 2.75) is 13.2 Å². The molecule has 78 valence electrons. The zero-order chi connectivity index (χ0) is 10.7. The van der Waals surface area contributed by atoms with Gasteiger partial charge in [-0.2, -0.15) is 5.10 Å². The number of hydrogen-bond acceptors (Lipinski definition) is 2. The van der Waals surface area contributed by atoms with Crippen molar-refractivity contribution in [2.24, 2.45) is 0 Å². The van der Waals surface area contributed by atoms with E-state index in [-0.39, 0.29) is 6.61 Å². The van der Waals surface area contributed by atoms with Gasteiger partial charge in [-0.3, -0.25) is 4.68 Å². The second-order valence-corrected chi connectivity index (χ2v) is 3.69. The fraction of sp³-hybridized carbons (Fsp3) is 0.182. The summed E-state index contributed by atoms with van der Waals surface area (Å²) in [4.78, 5) is 0. The van der Waals surface area contributed by atoms with E-state index in [0.717, 1.165) is 11.1 Å². The lowest BCUT2D eigenvalue weighted by molar-refractivity contribution is 0.282. The van der Waals surface area contributed by atoms with Gasteiger partial charge in [0.05, 0.1) is 13.2 Å². The van der Waals surface area contributed by atoms with Crippen LogP contribution in [0.1, 0.15) is 11.1 Å². The molecule has 3 nitrogen and oxygen atoms in total. The van der Waals surface area contributed by atoms with Gasteiger partial charge < -0.3 is 5.11 Å². The molecular formula is C11H11ClN2O. The number of aromatic nitrogens is 2. The zero-order valence-electron chi connectivity index (χ0n) is 8.10. The van der Waals surface area contributed by atoms with Crippen molar-refractivity contribution in [2.75, 3.05) is 0 Å². The fourth-order valence-corrected chi connectivity index (χ4v) is 1.66. The smallest absolute Gasteiger partial charge is 0.0696 e. The van der Waals surface area contributed by atoms with Crippen molar-refractivity contribution in [1.29, 1.82) is 0 Å². The Balaban J connectivity index is 2.20. The van der Waals surface area contributed by atoms with Crippen molar-refractivity contribution in [3.63, 3.8) is 0 Å². The van der Waals surface area contributed by atoms with E-state index < -0.39 is 0 Å². The fourth-order valence-electron chi connectivity index (χ4n) is 1.40. The van der Waals surface area contributed by atoms with Crippen LogP contribution < -0.4 is 0 Å². The molecule has 4 heteroatoms.